The van der Waals surface area contributed by atoms with Crippen molar-refractivity contribution >= 4 is 0 Å². The van der Waals surface area contributed by atoms with E-state index in [0.29, 0.717) is 16.9 Å². The van der Waals surface area contributed by atoms with E-state index >= 15 is 0 Å². The largest absolute Gasteiger partial charge is 0.327 e. The minimum Gasteiger partial charge on any atom is -0.327 e. The Morgan fingerprint density at radius 3 is 1.73 bits per heavy atom. The fraction of sp³-hybridized carbons (Fsp3) is 1.00. The van der Waals surface area contributed by atoms with Crippen molar-refractivity contribution in [2.24, 2.45) is 28.4 Å². The molecule has 4 unspecified atom stereocenters. The summed E-state index contributed by atoms with van der Waals surface area (Å²) in [4.78, 5) is 0. The minimum absolute atomic E-state index is 0.405. The Labute approximate surface area is 69.4 Å². The van der Waals surface area contributed by atoms with Crippen molar-refractivity contribution in [3.8, 4) is 0 Å². The highest BCUT2D eigenvalue weighted by Crippen LogP contribution is 2.72. The van der Waals surface area contributed by atoms with Crippen molar-refractivity contribution in [3.05, 3.63) is 0 Å². The Morgan fingerprint density at radius 1 is 1.27 bits per heavy atom. The maximum Gasteiger partial charge on any atom is 0.0159 e. The molecule has 1 heteroatoms. The molecule has 0 heterocycles. The van der Waals surface area contributed by atoms with Crippen molar-refractivity contribution in [3.63, 3.8) is 0 Å². The lowest BCUT2D eigenvalue weighted by atomic mass is 9.92. The Morgan fingerprint density at radius 2 is 1.64 bits per heavy atom. The molecule has 4 atom stereocenters. The highest BCUT2D eigenvalue weighted by Gasteiger charge is 2.72. The van der Waals surface area contributed by atoms with E-state index in [1.807, 2.05) is 0 Å². The third kappa shape index (κ3) is 0.658. The molecule has 2 fully saturated rings. The number of nitrogens with two attached hydrogens (primary N) is 1. The summed E-state index contributed by atoms with van der Waals surface area (Å²) in [5.74, 6) is 1.86. The zero-order chi connectivity index (χ0) is 8.44. The summed E-state index contributed by atoms with van der Waals surface area (Å²) in [5.41, 5.74) is 6.95. The number of rotatable bonds is 1. The topological polar surface area (TPSA) is 26.0 Å². The Bertz CT molecular complexity index is 197. The van der Waals surface area contributed by atoms with Gasteiger partial charge in [0.1, 0.15) is 0 Å². The molecule has 2 saturated carbocycles. The van der Waals surface area contributed by atoms with Crippen molar-refractivity contribution in [1.82, 2.24) is 0 Å². The van der Waals surface area contributed by atoms with Crippen LogP contribution >= 0.6 is 0 Å². The van der Waals surface area contributed by atoms with Crippen molar-refractivity contribution in [1.29, 1.82) is 0 Å². The molecule has 64 valence electrons. The van der Waals surface area contributed by atoms with Crippen LogP contribution in [-0.2, 0) is 0 Å². The van der Waals surface area contributed by atoms with Gasteiger partial charge in [-0.2, -0.15) is 0 Å². The molecule has 0 aliphatic heterocycles. The summed E-state index contributed by atoms with van der Waals surface area (Å²) >= 11 is 0. The maximum absolute atomic E-state index is 6.08. The summed E-state index contributed by atoms with van der Waals surface area (Å²) in [6.07, 6.45) is 1.41. The van der Waals surface area contributed by atoms with Crippen LogP contribution in [0.4, 0.5) is 0 Å². The van der Waals surface area contributed by atoms with Gasteiger partial charge in [0, 0.05) is 6.04 Å². The lowest BCUT2D eigenvalue weighted by molar-refractivity contribution is 0.353. The van der Waals surface area contributed by atoms with Gasteiger partial charge in [0.05, 0.1) is 0 Å². The fourth-order valence-electron chi connectivity index (χ4n) is 2.93. The molecule has 0 aromatic rings. The molecular weight excluding hydrogens is 134 g/mol. The van der Waals surface area contributed by atoms with E-state index in [2.05, 4.69) is 27.7 Å². The van der Waals surface area contributed by atoms with Gasteiger partial charge in [0.15, 0.2) is 0 Å². The number of hydrogen-bond acceptors (Lipinski definition) is 1. The third-order valence-electron chi connectivity index (χ3n) is 4.61. The first-order valence-corrected chi connectivity index (χ1v) is 4.68. The molecule has 0 aromatic heterocycles. The first kappa shape index (κ1) is 7.60. The summed E-state index contributed by atoms with van der Waals surface area (Å²) < 4.78 is 0. The molecule has 2 rings (SSSR count). The second-order valence-electron chi connectivity index (χ2n) is 5.30. The van der Waals surface area contributed by atoms with E-state index in [1.165, 1.54) is 6.42 Å². The molecule has 2 aliphatic carbocycles. The Hall–Kier alpha value is -0.0400. The summed E-state index contributed by atoms with van der Waals surface area (Å²) in [7, 11) is 0. The van der Waals surface area contributed by atoms with Gasteiger partial charge in [-0.15, -0.1) is 0 Å². The molecule has 2 aliphatic rings. The first-order valence-electron chi connectivity index (χ1n) is 4.68. The summed E-state index contributed by atoms with van der Waals surface area (Å²) in [6.45, 7) is 9.33. The molecule has 2 N–H and O–H groups in total. The van der Waals surface area contributed by atoms with Gasteiger partial charge in [-0.25, -0.2) is 0 Å². The van der Waals surface area contributed by atoms with Crippen LogP contribution in [0.25, 0.3) is 0 Å². The standard InChI is InChI=1S/C10H19N/c1-6-5-7(6)10(4)8(11)9(10,2)3/h6-8H,5,11H2,1-4H3. The molecule has 0 aromatic carbocycles. The van der Waals surface area contributed by atoms with Crippen LogP contribution in [0.15, 0.2) is 0 Å². The first-order chi connectivity index (χ1) is 4.92. The van der Waals surface area contributed by atoms with Crippen LogP contribution in [0.2, 0.25) is 0 Å². The minimum atomic E-state index is 0.405. The van der Waals surface area contributed by atoms with E-state index in [9.17, 15) is 0 Å². The van der Waals surface area contributed by atoms with Crippen molar-refractivity contribution < 1.29 is 0 Å². The van der Waals surface area contributed by atoms with Crippen LogP contribution in [0.3, 0.4) is 0 Å². The lowest BCUT2D eigenvalue weighted by Gasteiger charge is -2.12. The molecule has 0 radical (unpaired) electrons. The predicted molar refractivity (Wildman–Crippen MR) is 47.1 cm³/mol. The van der Waals surface area contributed by atoms with Gasteiger partial charge in [0.2, 0.25) is 0 Å². The zero-order valence-corrected chi connectivity index (χ0v) is 8.02. The van der Waals surface area contributed by atoms with Gasteiger partial charge in [0.25, 0.3) is 0 Å². The van der Waals surface area contributed by atoms with Crippen LogP contribution in [0.5, 0.6) is 0 Å². The smallest absolute Gasteiger partial charge is 0.0159 e. The van der Waals surface area contributed by atoms with Gasteiger partial charge in [-0.1, -0.05) is 27.7 Å². The Kier molecular flexibility index (Phi) is 1.15. The molecule has 0 saturated heterocycles. The van der Waals surface area contributed by atoms with Crippen molar-refractivity contribution in [2.75, 3.05) is 0 Å². The SMILES string of the molecule is CC1CC1C1(C)C(N)C1(C)C. The highest BCUT2D eigenvalue weighted by molar-refractivity contribution is 5.24. The second kappa shape index (κ2) is 1.66. The summed E-state index contributed by atoms with van der Waals surface area (Å²) in [5, 5.41) is 0. The second-order valence-corrected chi connectivity index (χ2v) is 5.30. The van der Waals surface area contributed by atoms with Crippen molar-refractivity contribution in [2.45, 2.75) is 40.2 Å². The van der Waals surface area contributed by atoms with E-state index in [-0.39, 0.29) is 0 Å². The average Bonchev–Trinajstić information content (AvgIpc) is 2.71. The van der Waals surface area contributed by atoms with Crippen LogP contribution in [-0.4, -0.2) is 6.04 Å². The van der Waals surface area contributed by atoms with Gasteiger partial charge in [-0.3, -0.25) is 0 Å². The summed E-state index contributed by atoms with van der Waals surface area (Å²) in [6, 6.07) is 0.449. The van der Waals surface area contributed by atoms with E-state index < -0.39 is 0 Å². The normalized spacial score (nSPS) is 59.2. The molecule has 1 nitrogen and oxygen atoms in total. The van der Waals surface area contributed by atoms with Gasteiger partial charge >= 0.3 is 0 Å². The Balaban J connectivity index is 2.15. The molecular formula is C10H19N. The maximum atomic E-state index is 6.08. The lowest BCUT2D eigenvalue weighted by Crippen LogP contribution is -2.12. The molecule has 0 bridgehead atoms. The monoisotopic (exact) mass is 153 g/mol. The average molecular weight is 153 g/mol. The zero-order valence-electron chi connectivity index (χ0n) is 8.02. The fourth-order valence-corrected chi connectivity index (χ4v) is 2.93. The number of hydrogen-bond donors (Lipinski definition) is 1. The van der Waals surface area contributed by atoms with E-state index in [0.717, 1.165) is 11.8 Å². The van der Waals surface area contributed by atoms with Gasteiger partial charge in [-0.05, 0) is 29.1 Å². The highest BCUT2D eigenvalue weighted by atomic mass is 14.9. The molecule has 0 spiro atoms. The van der Waals surface area contributed by atoms with Crippen LogP contribution < -0.4 is 5.73 Å². The molecule has 0 amide bonds. The van der Waals surface area contributed by atoms with Crippen LogP contribution in [0.1, 0.15) is 34.1 Å². The van der Waals surface area contributed by atoms with Gasteiger partial charge < -0.3 is 5.73 Å². The molecule has 11 heavy (non-hydrogen) atoms. The third-order valence-corrected chi connectivity index (χ3v) is 4.61. The predicted octanol–water partition coefficient (Wildman–Crippen LogP) is 2.02. The quantitative estimate of drug-likeness (QED) is 0.612. The van der Waals surface area contributed by atoms with Crippen LogP contribution in [0, 0.1) is 22.7 Å². The van der Waals surface area contributed by atoms with E-state index in [4.69, 9.17) is 5.73 Å². The van der Waals surface area contributed by atoms with E-state index in [1.54, 1.807) is 0 Å².